The number of nitrogens with one attached hydrogen (secondary N) is 1. The second-order valence-electron chi connectivity index (χ2n) is 3.96. The zero-order valence-electron chi connectivity index (χ0n) is 9.84. The largest absolute Gasteiger partial charge is 0.393 e. The molecule has 0 saturated heterocycles. The van der Waals surface area contributed by atoms with Crippen LogP contribution in [0.2, 0.25) is 0 Å². The van der Waals surface area contributed by atoms with E-state index in [4.69, 9.17) is 18.0 Å². The van der Waals surface area contributed by atoms with Gasteiger partial charge in [-0.05, 0) is 17.7 Å². The van der Waals surface area contributed by atoms with Gasteiger partial charge in [-0.2, -0.15) is 0 Å². The highest BCUT2D eigenvalue weighted by atomic mass is 32.2. The summed E-state index contributed by atoms with van der Waals surface area (Å²) in [6, 6.07) is 6.89. The van der Waals surface area contributed by atoms with Crippen molar-refractivity contribution >= 4 is 38.6 Å². The van der Waals surface area contributed by atoms with E-state index in [0.29, 0.717) is 17.1 Å². The molecule has 18 heavy (non-hydrogen) atoms. The van der Waals surface area contributed by atoms with Gasteiger partial charge in [0.1, 0.15) is 5.75 Å². The quantitative estimate of drug-likeness (QED) is 0.769. The number of carbonyl (C=O) groups is 1. The molecule has 0 radical (unpaired) electrons. The number of amides is 1. The van der Waals surface area contributed by atoms with E-state index in [9.17, 15) is 13.2 Å². The number of rotatable bonds is 5. The van der Waals surface area contributed by atoms with E-state index < -0.39 is 21.5 Å². The van der Waals surface area contributed by atoms with Gasteiger partial charge in [0.25, 0.3) is 0 Å². The number of carbonyl (C=O) groups excluding carboxylic acids is 1. The maximum atomic E-state index is 11.4. The summed E-state index contributed by atoms with van der Waals surface area (Å²) in [5, 5.41) is 2.50. The molecule has 0 heterocycles. The Balaban J connectivity index is 2.64. The van der Waals surface area contributed by atoms with Crippen LogP contribution in [-0.2, 0) is 21.1 Å². The number of hydrogen-bond acceptors (Lipinski definition) is 4. The minimum atomic E-state index is -3.31. The fourth-order valence-electron chi connectivity index (χ4n) is 1.34. The molecule has 1 rings (SSSR count). The summed E-state index contributed by atoms with van der Waals surface area (Å²) in [6.07, 6.45) is 1.50. The molecule has 1 aromatic carbocycles. The molecular formula is C11H14N2O3S2. The smallest absolute Gasteiger partial charge is 0.239 e. The Morgan fingerprint density at radius 1 is 1.33 bits per heavy atom. The Kier molecular flexibility index (Phi) is 4.80. The molecule has 7 heteroatoms. The van der Waals surface area contributed by atoms with Crippen LogP contribution in [0.25, 0.3) is 0 Å². The van der Waals surface area contributed by atoms with Crippen molar-refractivity contribution in [1.29, 1.82) is 0 Å². The van der Waals surface area contributed by atoms with Gasteiger partial charge >= 0.3 is 0 Å². The van der Waals surface area contributed by atoms with Crippen molar-refractivity contribution in [2.24, 2.45) is 5.73 Å². The van der Waals surface area contributed by atoms with Gasteiger partial charge in [0.15, 0.2) is 9.84 Å². The summed E-state index contributed by atoms with van der Waals surface area (Å²) in [6.45, 7) is 0. The number of nitrogens with two attached hydrogens (primary N) is 1. The zero-order valence-corrected chi connectivity index (χ0v) is 11.5. The Bertz CT molecular complexity index is 550. The van der Waals surface area contributed by atoms with Gasteiger partial charge < -0.3 is 11.1 Å². The van der Waals surface area contributed by atoms with E-state index in [0.717, 1.165) is 11.8 Å². The molecule has 0 bridgehead atoms. The first-order valence-corrected chi connectivity index (χ1v) is 7.58. The van der Waals surface area contributed by atoms with Crippen molar-refractivity contribution < 1.29 is 13.2 Å². The molecule has 1 aromatic rings. The molecule has 1 amide bonds. The van der Waals surface area contributed by atoms with E-state index in [1.165, 1.54) is 0 Å². The fourth-order valence-corrected chi connectivity index (χ4v) is 2.06. The molecule has 0 aliphatic heterocycles. The summed E-state index contributed by atoms with van der Waals surface area (Å²) in [5.74, 6) is -1.08. The maximum absolute atomic E-state index is 11.4. The molecule has 0 aromatic heterocycles. The first kappa shape index (κ1) is 14.6. The van der Waals surface area contributed by atoms with Crippen LogP contribution in [0.5, 0.6) is 0 Å². The van der Waals surface area contributed by atoms with Crippen molar-refractivity contribution in [3.63, 3.8) is 0 Å². The van der Waals surface area contributed by atoms with Gasteiger partial charge in [-0.3, -0.25) is 4.79 Å². The van der Waals surface area contributed by atoms with E-state index >= 15 is 0 Å². The molecule has 0 aliphatic rings. The van der Waals surface area contributed by atoms with Crippen LogP contribution in [0.1, 0.15) is 5.56 Å². The van der Waals surface area contributed by atoms with Crippen molar-refractivity contribution in [1.82, 2.24) is 0 Å². The second kappa shape index (κ2) is 5.92. The maximum Gasteiger partial charge on any atom is 0.239 e. The fraction of sp³-hybridized carbons (Fsp3) is 0.273. The third kappa shape index (κ3) is 5.74. The average Bonchev–Trinajstić information content (AvgIpc) is 2.17. The van der Waals surface area contributed by atoms with Crippen molar-refractivity contribution in [2.75, 3.05) is 17.3 Å². The minimum absolute atomic E-state index is 0.392. The third-order valence-corrected chi connectivity index (χ3v) is 2.94. The first-order chi connectivity index (χ1) is 8.26. The number of benzene rings is 1. The van der Waals surface area contributed by atoms with Gasteiger partial charge in [-0.15, -0.1) is 0 Å². The summed E-state index contributed by atoms with van der Waals surface area (Å²) in [7, 11) is -3.31. The molecule has 0 aliphatic carbocycles. The molecule has 0 atom stereocenters. The SMILES string of the molecule is CS(=O)(=O)CC(=O)Nc1ccc(CC(N)=S)cc1. The van der Waals surface area contributed by atoms with Crippen LogP contribution in [0.4, 0.5) is 5.69 Å². The van der Waals surface area contributed by atoms with Gasteiger partial charge in [0.2, 0.25) is 5.91 Å². The average molecular weight is 286 g/mol. The van der Waals surface area contributed by atoms with E-state index in [2.05, 4.69) is 5.32 Å². The lowest BCUT2D eigenvalue weighted by Gasteiger charge is -2.05. The van der Waals surface area contributed by atoms with Crippen LogP contribution in [0, 0.1) is 0 Å². The Labute approximate surface area is 111 Å². The highest BCUT2D eigenvalue weighted by molar-refractivity contribution is 7.91. The molecule has 0 spiro atoms. The van der Waals surface area contributed by atoms with Crippen molar-refractivity contribution in [3.05, 3.63) is 29.8 Å². The number of anilines is 1. The van der Waals surface area contributed by atoms with Crippen LogP contribution in [-0.4, -0.2) is 31.3 Å². The topological polar surface area (TPSA) is 89.3 Å². The summed E-state index contributed by atoms with van der Waals surface area (Å²) >= 11 is 4.78. The molecule has 0 saturated carbocycles. The van der Waals surface area contributed by atoms with Gasteiger partial charge in [-0.1, -0.05) is 24.4 Å². The molecule has 3 N–H and O–H groups in total. The number of hydrogen-bond donors (Lipinski definition) is 2. The van der Waals surface area contributed by atoms with Gasteiger partial charge in [0.05, 0.1) is 4.99 Å². The lowest BCUT2D eigenvalue weighted by Crippen LogP contribution is -2.21. The van der Waals surface area contributed by atoms with Crippen LogP contribution >= 0.6 is 12.2 Å². The minimum Gasteiger partial charge on any atom is -0.393 e. The van der Waals surface area contributed by atoms with Gasteiger partial charge in [-0.25, -0.2) is 8.42 Å². The number of thiocarbonyl (C=S) groups is 1. The third-order valence-electron chi connectivity index (χ3n) is 2.01. The summed E-state index contributed by atoms with van der Waals surface area (Å²) in [4.78, 5) is 11.8. The summed E-state index contributed by atoms with van der Waals surface area (Å²) in [5.41, 5.74) is 6.88. The predicted octanol–water partition coefficient (Wildman–Crippen LogP) is 0.498. The van der Waals surface area contributed by atoms with E-state index in [1.54, 1.807) is 24.3 Å². The predicted molar refractivity (Wildman–Crippen MR) is 75.3 cm³/mol. The highest BCUT2D eigenvalue weighted by Crippen LogP contribution is 2.10. The number of sulfone groups is 1. The molecule has 5 nitrogen and oxygen atoms in total. The van der Waals surface area contributed by atoms with Gasteiger partial charge in [0, 0.05) is 18.4 Å². The Morgan fingerprint density at radius 3 is 2.33 bits per heavy atom. The molecule has 98 valence electrons. The Morgan fingerprint density at radius 2 is 1.89 bits per heavy atom. The standard InChI is InChI=1S/C11H14N2O3S2/c1-18(15,16)7-11(14)13-9-4-2-8(3-5-9)6-10(12)17/h2-5H,6-7H2,1H3,(H2,12,17)(H,13,14). The zero-order chi connectivity index (χ0) is 13.8. The van der Waals surface area contributed by atoms with Crippen LogP contribution < -0.4 is 11.1 Å². The van der Waals surface area contributed by atoms with Crippen molar-refractivity contribution in [3.8, 4) is 0 Å². The molecular weight excluding hydrogens is 272 g/mol. The van der Waals surface area contributed by atoms with E-state index in [-0.39, 0.29) is 0 Å². The second-order valence-corrected chi connectivity index (χ2v) is 6.62. The summed E-state index contributed by atoms with van der Waals surface area (Å²) < 4.78 is 21.8. The van der Waals surface area contributed by atoms with Crippen molar-refractivity contribution in [2.45, 2.75) is 6.42 Å². The lowest BCUT2D eigenvalue weighted by atomic mass is 10.1. The van der Waals surface area contributed by atoms with Crippen LogP contribution in [0.3, 0.4) is 0 Å². The lowest BCUT2D eigenvalue weighted by molar-refractivity contribution is -0.113. The normalized spacial score (nSPS) is 10.9. The van der Waals surface area contributed by atoms with E-state index in [1.807, 2.05) is 0 Å². The Hall–Kier alpha value is -1.47. The molecule has 0 unspecified atom stereocenters. The molecule has 0 fully saturated rings. The van der Waals surface area contributed by atoms with Crippen LogP contribution in [0.15, 0.2) is 24.3 Å². The highest BCUT2D eigenvalue weighted by Gasteiger charge is 2.10. The first-order valence-electron chi connectivity index (χ1n) is 5.11. The monoisotopic (exact) mass is 286 g/mol.